The van der Waals surface area contributed by atoms with Crippen LogP contribution < -0.4 is 9.75 Å². The Hall–Kier alpha value is -3.14. The van der Waals surface area contributed by atoms with Crippen molar-refractivity contribution < 1.29 is 9.13 Å². The predicted octanol–water partition coefficient (Wildman–Crippen LogP) is 5.19. The van der Waals surface area contributed by atoms with Crippen LogP contribution in [0.5, 0.6) is 5.75 Å². The molecule has 0 aromatic heterocycles. The molecule has 1 atom stereocenters. The van der Waals surface area contributed by atoms with Gasteiger partial charge in [-0.3, -0.25) is 5.01 Å². The third kappa shape index (κ3) is 3.18. The van der Waals surface area contributed by atoms with Gasteiger partial charge in [0.25, 0.3) is 0 Å². The number of nitrogens with zero attached hydrogens (tertiary/aromatic N) is 2. The highest BCUT2D eigenvalue weighted by atomic mass is 19.1. The smallest absolute Gasteiger partial charge is 0.123 e. The van der Waals surface area contributed by atoms with E-state index in [4.69, 9.17) is 9.84 Å². The average Bonchev–Trinajstić information content (AvgIpc) is 3.15. The first-order valence-electron chi connectivity index (χ1n) is 8.56. The average molecular weight is 346 g/mol. The third-order valence-electron chi connectivity index (χ3n) is 4.61. The number of hydrazone groups is 1. The van der Waals surface area contributed by atoms with Crippen molar-refractivity contribution in [2.75, 3.05) is 12.1 Å². The molecule has 0 radical (unpaired) electrons. The summed E-state index contributed by atoms with van der Waals surface area (Å²) in [5, 5.41) is 6.90. The van der Waals surface area contributed by atoms with Gasteiger partial charge in [-0.05, 0) is 47.5 Å². The Balaban J connectivity index is 1.71. The molecule has 130 valence electrons. The molecule has 1 aliphatic heterocycles. The molecule has 4 rings (SSSR count). The number of halogens is 1. The van der Waals surface area contributed by atoms with Crippen molar-refractivity contribution in [1.29, 1.82) is 0 Å². The van der Waals surface area contributed by atoms with Crippen molar-refractivity contribution in [2.45, 2.75) is 12.5 Å². The standard InChI is InChI=1S/C22H19FN2O/c1-26-20-13-9-17(10-14-20)22-15-21(16-7-11-18(23)12-8-16)24-25(22)19-5-3-2-4-6-19/h2-14,22H,15H2,1H3. The minimum atomic E-state index is -0.237. The van der Waals surface area contributed by atoms with E-state index in [0.29, 0.717) is 0 Å². The summed E-state index contributed by atoms with van der Waals surface area (Å²) in [6.07, 6.45) is 0.757. The number of benzene rings is 3. The van der Waals surface area contributed by atoms with Crippen molar-refractivity contribution in [3.8, 4) is 5.75 Å². The highest BCUT2D eigenvalue weighted by molar-refractivity contribution is 6.03. The largest absolute Gasteiger partial charge is 0.497 e. The third-order valence-corrected chi connectivity index (χ3v) is 4.61. The Morgan fingerprint density at radius 3 is 2.27 bits per heavy atom. The Labute approximate surface area is 152 Å². The molecule has 26 heavy (non-hydrogen) atoms. The van der Waals surface area contributed by atoms with Gasteiger partial charge in [0, 0.05) is 6.42 Å². The lowest BCUT2D eigenvalue weighted by Gasteiger charge is -2.24. The van der Waals surface area contributed by atoms with Crippen molar-refractivity contribution in [3.05, 3.63) is 95.8 Å². The molecule has 0 saturated heterocycles. The van der Waals surface area contributed by atoms with E-state index in [-0.39, 0.29) is 11.9 Å². The van der Waals surface area contributed by atoms with Gasteiger partial charge in [-0.1, -0.05) is 42.5 Å². The molecule has 0 aliphatic carbocycles. The van der Waals surface area contributed by atoms with Crippen LogP contribution in [-0.2, 0) is 0 Å². The maximum atomic E-state index is 13.3. The molecule has 4 heteroatoms. The van der Waals surface area contributed by atoms with E-state index in [2.05, 4.69) is 12.1 Å². The van der Waals surface area contributed by atoms with E-state index < -0.39 is 0 Å². The second-order valence-electron chi connectivity index (χ2n) is 6.23. The van der Waals surface area contributed by atoms with E-state index in [0.717, 1.165) is 34.7 Å². The summed E-state index contributed by atoms with van der Waals surface area (Å²) in [6, 6.07) is 24.8. The van der Waals surface area contributed by atoms with Gasteiger partial charge >= 0.3 is 0 Å². The first-order chi connectivity index (χ1) is 12.7. The summed E-state index contributed by atoms with van der Waals surface area (Å²) in [5.41, 5.74) is 4.10. The lowest BCUT2D eigenvalue weighted by molar-refractivity contribution is 0.414. The maximum Gasteiger partial charge on any atom is 0.123 e. The molecule has 0 fully saturated rings. The molecule has 3 nitrogen and oxygen atoms in total. The van der Waals surface area contributed by atoms with Crippen molar-refractivity contribution >= 4 is 11.4 Å². The van der Waals surface area contributed by atoms with Crippen molar-refractivity contribution in [2.24, 2.45) is 5.10 Å². The van der Waals surface area contributed by atoms with Crippen molar-refractivity contribution in [3.63, 3.8) is 0 Å². The molecule has 1 unspecified atom stereocenters. The maximum absolute atomic E-state index is 13.3. The molecule has 1 heterocycles. The highest BCUT2D eigenvalue weighted by Crippen LogP contribution is 2.37. The van der Waals surface area contributed by atoms with Gasteiger partial charge in [-0.2, -0.15) is 5.10 Å². The topological polar surface area (TPSA) is 24.8 Å². The Bertz CT molecular complexity index is 905. The minimum absolute atomic E-state index is 0.0864. The minimum Gasteiger partial charge on any atom is -0.497 e. The number of rotatable bonds is 4. The number of anilines is 1. The van der Waals surface area contributed by atoms with Crippen LogP contribution in [0.2, 0.25) is 0 Å². The molecule has 0 saturated carbocycles. The lowest BCUT2D eigenvalue weighted by Crippen LogP contribution is -2.18. The summed E-state index contributed by atoms with van der Waals surface area (Å²) < 4.78 is 18.5. The van der Waals surface area contributed by atoms with Gasteiger partial charge in [0.15, 0.2) is 0 Å². The molecule has 0 N–H and O–H groups in total. The van der Waals surface area contributed by atoms with E-state index in [1.165, 1.54) is 12.1 Å². The predicted molar refractivity (Wildman–Crippen MR) is 102 cm³/mol. The zero-order valence-electron chi connectivity index (χ0n) is 14.5. The number of hydrogen-bond donors (Lipinski definition) is 0. The normalized spacial score (nSPS) is 16.5. The summed E-state index contributed by atoms with van der Waals surface area (Å²) >= 11 is 0. The van der Waals surface area contributed by atoms with Crippen LogP contribution in [0.25, 0.3) is 0 Å². The van der Waals surface area contributed by atoms with Gasteiger partial charge in [0.1, 0.15) is 11.6 Å². The molecule has 0 amide bonds. The quantitative estimate of drug-likeness (QED) is 0.649. The molecule has 1 aliphatic rings. The number of hydrogen-bond acceptors (Lipinski definition) is 3. The van der Waals surface area contributed by atoms with Gasteiger partial charge in [-0.15, -0.1) is 0 Å². The highest BCUT2D eigenvalue weighted by Gasteiger charge is 2.29. The lowest BCUT2D eigenvalue weighted by atomic mass is 9.98. The van der Waals surface area contributed by atoms with Crippen LogP contribution in [0.1, 0.15) is 23.6 Å². The first-order valence-corrected chi connectivity index (χ1v) is 8.56. The molecule has 0 bridgehead atoms. The molecule has 3 aromatic rings. The second-order valence-corrected chi connectivity index (χ2v) is 6.23. The Kier molecular flexibility index (Phi) is 4.40. The van der Waals surface area contributed by atoms with Gasteiger partial charge in [-0.25, -0.2) is 4.39 Å². The fraction of sp³-hybridized carbons (Fsp3) is 0.136. The summed E-state index contributed by atoms with van der Waals surface area (Å²) in [7, 11) is 1.66. The van der Waals surface area contributed by atoms with Crippen LogP contribution in [0, 0.1) is 5.82 Å². The molecular formula is C22H19FN2O. The zero-order chi connectivity index (χ0) is 17.9. The van der Waals surface area contributed by atoms with Crippen LogP contribution >= 0.6 is 0 Å². The zero-order valence-corrected chi connectivity index (χ0v) is 14.5. The molecule has 3 aromatic carbocycles. The summed E-state index contributed by atoms with van der Waals surface area (Å²) in [5.74, 6) is 0.594. The fourth-order valence-electron chi connectivity index (χ4n) is 3.23. The number of methoxy groups -OCH3 is 1. The van der Waals surface area contributed by atoms with Gasteiger partial charge in [0.2, 0.25) is 0 Å². The summed E-state index contributed by atoms with van der Waals surface area (Å²) in [6.45, 7) is 0. The van der Waals surface area contributed by atoms with E-state index >= 15 is 0 Å². The monoisotopic (exact) mass is 346 g/mol. The van der Waals surface area contributed by atoms with Gasteiger partial charge < -0.3 is 4.74 Å². The number of para-hydroxylation sites is 1. The van der Waals surface area contributed by atoms with Crippen LogP contribution in [-0.4, -0.2) is 12.8 Å². The Morgan fingerprint density at radius 1 is 0.923 bits per heavy atom. The fourth-order valence-corrected chi connectivity index (χ4v) is 3.23. The molecule has 0 spiro atoms. The first kappa shape index (κ1) is 16.3. The van der Waals surface area contributed by atoms with Crippen molar-refractivity contribution in [1.82, 2.24) is 0 Å². The van der Waals surface area contributed by atoms with E-state index in [9.17, 15) is 4.39 Å². The Morgan fingerprint density at radius 2 is 1.62 bits per heavy atom. The van der Waals surface area contributed by atoms with Crippen LogP contribution in [0.3, 0.4) is 0 Å². The van der Waals surface area contributed by atoms with Gasteiger partial charge in [0.05, 0.1) is 24.6 Å². The number of ether oxygens (including phenoxy) is 1. The summed E-state index contributed by atoms with van der Waals surface area (Å²) in [4.78, 5) is 0. The van der Waals surface area contributed by atoms with Crippen LogP contribution in [0.4, 0.5) is 10.1 Å². The second kappa shape index (κ2) is 7.00. The van der Waals surface area contributed by atoms with E-state index in [1.54, 1.807) is 19.2 Å². The van der Waals surface area contributed by atoms with E-state index in [1.807, 2.05) is 47.5 Å². The SMILES string of the molecule is COc1ccc(C2CC(c3ccc(F)cc3)=NN2c2ccccc2)cc1. The van der Waals surface area contributed by atoms with Crippen LogP contribution in [0.15, 0.2) is 84.0 Å². The molecular weight excluding hydrogens is 327 g/mol.